The van der Waals surface area contributed by atoms with Crippen LogP contribution in [0.5, 0.6) is 0 Å². The first-order chi connectivity index (χ1) is 8.17. The molecule has 0 saturated carbocycles. The van der Waals surface area contributed by atoms with Crippen LogP contribution in [0.2, 0.25) is 0 Å². The minimum atomic E-state index is -0.384. The molecule has 0 bridgehead atoms. The predicted octanol–water partition coefficient (Wildman–Crippen LogP) is 2.28. The topological polar surface area (TPSA) is 46.6 Å². The fourth-order valence-electron chi connectivity index (χ4n) is 1.88. The summed E-state index contributed by atoms with van der Waals surface area (Å²) in [4.78, 5) is 25.6. The summed E-state index contributed by atoms with van der Waals surface area (Å²) in [5, 5.41) is 2.60. The van der Waals surface area contributed by atoms with E-state index in [1.165, 1.54) is 18.4 Å². The summed E-state index contributed by atoms with van der Waals surface area (Å²) in [5.74, 6) is -0.00371. The number of alkyl halides is 1. The number of carbonyl (C=O) groups excluding carboxylic acids is 2. The number of ether oxygens (including phenoxy) is 1. The molecule has 1 aromatic heterocycles. The number of nitrogens with zero attached hydrogens (tertiary/aromatic N) is 1. The Morgan fingerprint density at radius 1 is 1.71 bits per heavy atom. The smallest absolute Gasteiger partial charge is 0.350 e. The lowest BCUT2D eigenvalue weighted by Crippen LogP contribution is -2.25. The Bertz CT molecular complexity index is 446. The molecule has 0 radical (unpaired) electrons. The molecule has 4 nitrogen and oxygen atoms in total. The van der Waals surface area contributed by atoms with Crippen LogP contribution in [0.3, 0.4) is 0 Å². The fourth-order valence-corrected chi connectivity index (χ4v) is 3.12. The molecule has 6 heteroatoms. The van der Waals surface area contributed by atoms with E-state index in [1.807, 2.05) is 0 Å². The van der Waals surface area contributed by atoms with Crippen molar-refractivity contribution in [3.63, 3.8) is 0 Å². The van der Waals surface area contributed by atoms with Crippen LogP contribution in [0.15, 0.2) is 11.4 Å². The summed E-state index contributed by atoms with van der Waals surface area (Å²) in [5.41, 5.74) is 0.676. The van der Waals surface area contributed by atoms with Gasteiger partial charge in [-0.05, 0) is 17.4 Å². The minimum absolute atomic E-state index is 0.0676. The second-order valence-corrected chi connectivity index (χ2v) is 5.42. The molecule has 2 rings (SSSR count). The lowest BCUT2D eigenvalue weighted by molar-refractivity contribution is -0.117. The largest absolute Gasteiger partial charge is 0.465 e. The van der Waals surface area contributed by atoms with Crippen LogP contribution < -0.4 is 4.90 Å². The van der Waals surface area contributed by atoms with E-state index in [0.29, 0.717) is 29.4 Å². The van der Waals surface area contributed by atoms with E-state index in [1.54, 1.807) is 16.3 Å². The standard InChI is InChI=1S/C11H12BrNO3S/c1-16-11(15)10-8(2-3-17-10)13-6-7(5-12)4-9(13)14/h2-3,7H,4-6H2,1H3. The van der Waals surface area contributed by atoms with Gasteiger partial charge in [0.05, 0.1) is 12.8 Å². The van der Waals surface area contributed by atoms with Crippen molar-refractivity contribution in [3.8, 4) is 0 Å². The Kier molecular flexibility index (Phi) is 3.83. The van der Waals surface area contributed by atoms with Crippen molar-refractivity contribution in [1.82, 2.24) is 0 Å². The first kappa shape index (κ1) is 12.6. The van der Waals surface area contributed by atoms with Gasteiger partial charge in [0.2, 0.25) is 5.91 Å². The molecule has 92 valence electrons. The van der Waals surface area contributed by atoms with Gasteiger partial charge in [0.15, 0.2) is 0 Å². The van der Waals surface area contributed by atoms with Crippen LogP contribution in [-0.4, -0.2) is 30.9 Å². The van der Waals surface area contributed by atoms with Crippen molar-refractivity contribution >= 4 is 44.8 Å². The molecule has 1 unspecified atom stereocenters. The highest BCUT2D eigenvalue weighted by Gasteiger charge is 2.32. The molecule has 1 saturated heterocycles. The second-order valence-electron chi connectivity index (χ2n) is 3.86. The third kappa shape index (κ3) is 2.37. The maximum Gasteiger partial charge on any atom is 0.350 e. The van der Waals surface area contributed by atoms with E-state index >= 15 is 0 Å². The summed E-state index contributed by atoms with van der Waals surface area (Å²) < 4.78 is 4.71. The zero-order chi connectivity index (χ0) is 12.4. The van der Waals surface area contributed by atoms with Crippen molar-refractivity contribution in [2.24, 2.45) is 5.92 Å². The third-order valence-electron chi connectivity index (χ3n) is 2.73. The Labute approximate surface area is 112 Å². The zero-order valence-corrected chi connectivity index (χ0v) is 11.7. The van der Waals surface area contributed by atoms with Crippen LogP contribution in [0.1, 0.15) is 16.1 Å². The van der Waals surface area contributed by atoms with Crippen LogP contribution in [0.4, 0.5) is 5.69 Å². The number of carbonyl (C=O) groups is 2. The van der Waals surface area contributed by atoms with E-state index in [-0.39, 0.29) is 11.9 Å². The Morgan fingerprint density at radius 3 is 3.06 bits per heavy atom. The van der Waals surface area contributed by atoms with Gasteiger partial charge in [-0.1, -0.05) is 15.9 Å². The number of anilines is 1. The SMILES string of the molecule is COC(=O)c1sccc1N1CC(CBr)CC1=O. The first-order valence-corrected chi connectivity index (χ1v) is 7.19. The number of hydrogen-bond donors (Lipinski definition) is 0. The highest BCUT2D eigenvalue weighted by atomic mass is 79.9. The predicted molar refractivity (Wildman–Crippen MR) is 69.9 cm³/mol. The molecule has 2 heterocycles. The number of halogens is 1. The maximum absolute atomic E-state index is 11.9. The van der Waals surface area contributed by atoms with Crippen LogP contribution in [-0.2, 0) is 9.53 Å². The van der Waals surface area contributed by atoms with E-state index in [0.717, 1.165) is 5.33 Å². The van der Waals surface area contributed by atoms with E-state index in [4.69, 9.17) is 4.74 Å². The van der Waals surface area contributed by atoms with E-state index in [9.17, 15) is 9.59 Å². The number of hydrogen-bond acceptors (Lipinski definition) is 4. The summed E-state index contributed by atoms with van der Waals surface area (Å²) in [7, 11) is 1.35. The molecule has 0 aromatic carbocycles. The third-order valence-corrected chi connectivity index (χ3v) is 4.53. The van der Waals surface area contributed by atoms with Crippen molar-refractivity contribution < 1.29 is 14.3 Å². The minimum Gasteiger partial charge on any atom is -0.465 e. The summed E-state index contributed by atoms with van der Waals surface area (Å²) >= 11 is 4.69. The number of methoxy groups -OCH3 is 1. The van der Waals surface area contributed by atoms with Crippen LogP contribution >= 0.6 is 27.3 Å². The quantitative estimate of drug-likeness (QED) is 0.634. The molecule has 1 atom stereocenters. The van der Waals surface area contributed by atoms with Crippen molar-refractivity contribution in [3.05, 3.63) is 16.3 Å². The monoisotopic (exact) mass is 317 g/mol. The maximum atomic E-state index is 11.9. The van der Waals surface area contributed by atoms with Gasteiger partial charge in [0.25, 0.3) is 0 Å². The first-order valence-electron chi connectivity index (χ1n) is 5.19. The highest BCUT2D eigenvalue weighted by molar-refractivity contribution is 9.09. The molecule has 0 N–H and O–H groups in total. The molecule has 1 amide bonds. The molecule has 17 heavy (non-hydrogen) atoms. The summed E-state index contributed by atoms with van der Waals surface area (Å²) in [6.45, 7) is 0.658. The van der Waals surface area contributed by atoms with Crippen molar-refractivity contribution in [2.45, 2.75) is 6.42 Å². The van der Waals surface area contributed by atoms with Crippen LogP contribution in [0.25, 0.3) is 0 Å². The van der Waals surface area contributed by atoms with E-state index in [2.05, 4.69) is 15.9 Å². The fraction of sp³-hybridized carbons (Fsp3) is 0.455. The Balaban J connectivity index is 2.26. The molecule has 1 aliphatic rings. The molecular formula is C11H12BrNO3S. The zero-order valence-electron chi connectivity index (χ0n) is 9.31. The Morgan fingerprint density at radius 2 is 2.47 bits per heavy atom. The second kappa shape index (κ2) is 5.18. The van der Waals surface area contributed by atoms with Gasteiger partial charge in [0.1, 0.15) is 4.88 Å². The van der Waals surface area contributed by atoms with Gasteiger partial charge >= 0.3 is 5.97 Å². The summed E-state index contributed by atoms with van der Waals surface area (Å²) in [6, 6.07) is 1.80. The van der Waals surface area contributed by atoms with Gasteiger partial charge in [0, 0.05) is 18.3 Å². The highest BCUT2D eigenvalue weighted by Crippen LogP contribution is 2.32. The van der Waals surface area contributed by atoms with Gasteiger partial charge in [-0.3, -0.25) is 4.79 Å². The normalized spacial score (nSPS) is 19.8. The average molecular weight is 318 g/mol. The van der Waals surface area contributed by atoms with Gasteiger partial charge in [-0.25, -0.2) is 4.79 Å². The summed E-state index contributed by atoms with van der Waals surface area (Å²) in [6.07, 6.45) is 0.529. The lowest BCUT2D eigenvalue weighted by Gasteiger charge is -2.16. The lowest BCUT2D eigenvalue weighted by atomic mass is 10.2. The van der Waals surface area contributed by atoms with Gasteiger partial charge in [-0.15, -0.1) is 11.3 Å². The van der Waals surface area contributed by atoms with Crippen LogP contribution in [0, 0.1) is 5.92 Å². The Hall–Kier alpha value is -0.880. The van der Waals surface area contributed by atoms with Gasteiger partial charge in [-0.2, -0.15) is 0 Å². The van der Waals surface area contributed by atoms with Crippen molar-refractivity contribution in [1.29, 1.82) is 0 Å². The molecule has 0 aliphatic carbocycles. The van der Waals surface area contributed by atoms with Gasteiger partial charge < -0.3 is 9.64 Å². The van der Waals surface area contributed by atoms with Crippen molar-refractivity contribution in [2.75, 3.05) is 23.9 Å². The van der Waals surface area contributed by atoms with E-state index < -0.39 is 0 Å². The molecule has 0 spiro atoms. The number of amides is 1. The molecule has 1 aliphatic heterocycles. The number of rotatable bonds is 3. The number of esters is 1. The molecule has 1 fully saturated rings. The molecule has 1 aromatic rings. The molecular weight excluding hydrogens is 306 g/mol. The average Bonchev–Trinajstić information content (AvgIpc) is 2.93. The number of thiophene rings is 1.